The highest BCUT2D eigenvalue weighted by Crippen LogP contribution is 2.53. The number of thioether (sulfide) groups is 1. The van der Waals surface area contributed by atoms with Crippen LogP contribution in [0.5, 0.6) is 5.75 Å². The molecule has 4 atom stereocenters. The molecule has 2 fully saturated rings. The lowest BCUT2D eigenvalue weighted by atomic mass is 9.96. The Morgan fingerprint density at radius 2 is 1.85 bits per heavy atom. The second kappa shape index (κ2) is 15.4. The maximum atomic E-state index is 12.5. The number of aliphatic hydroxyl groups excluding tert-OH is 5. The van der Waals surface area contributed by atoms with Crippen molar-refractivity contribution in [1.29, 1.82) is 0 Å². The zero-order valence-corrected chi connectivity index (χ0v) is 27.2. The maximum Gasteiger partial charge on any atom is 0.253 e. The Morgan fingerprint density at radius 1 is 1.09 bits per heavy atom. The zero-order valence-electron chi connectivity index (χ0n) is 25.7. The molecular weight excluding hydrogens is 632 g/mol. The van der Waals surface area contributed by atoms with Crippen molar-refractivity contribution in [1.82, 2.24) is 9.88 Å². The molecule has 0 bridgehead atoms. The van der Waals surface area contributed by atoms with Gasteiger partial charge in [0.2, 0.25) is 0 Å². The number of benzene rings is 2. The molecule has 1 amide bonds. The van der Waals surface area contributed by atoms with Crippen LogP contribution in [0.1, 0.15) is 43.2 Å². The molecule has 248 valence electrons. The Morgan fingerprint density at radius 3 is 2.57 bits per heavy atom. The molecule has 0 radical (unpaired) electrons. The molecule has 2 aromatic carbocycles. The summed E-state index contributed by atoms with van der Waals surface area (Å²) in [5, 5.41) is 48.9. The molecular formula is C34H41ClN2O8S. The highest BCUT2D eigenvalue weighted by molar-refractivity contribution is 7.99. The second-order valence-electron chi connectivity index (χ2n) is 11.9. The summed E-state index contributed by atoms with van der Waals surface area (Å²) < 4.78 is 12.8. The van der Waals surface area contributed by atoms with Crippen molar-refractivity contribution in [3.63, 3.8) is 0 Å². The number of hydrogen-bond donors (Lipinski definition) is 5. The van der Waals surface area contributed by atoms with Gasteiger partial charge in [-0.15, -0.1) is 11.8 Å². The van der Waals surface area contributed by atoms with E-state index in [2.05, 4.69) is 11.1 Å². The SMILES string of the molecule is CN(CCCSc1ccc(Cl)c(COC2(c3cnccc3-c3ccccc3OC3CC3)CC2)c1)C(=O)[C@@H](O)[C@@H](O)[C@H](O)[C@@H](O)CO. The lowest BCUT2D eigenvalue weighted by molar-refractivity contribution is -0.157. The second-order valence-corrected chi connectivity index (χ2v) is 13.5. The number of nitrogens with zero attached hydrogens (tertiary/aromatic N) is 2. The predicted octanol–water partition coefficient (Wildman–Crippen LogP) is 3.53. The third kappa shape index (κ3) is 8.39. The summed E-state index contributed by atoms with van der Waals surface area (Å²) in [7, 11) is 1.48. The minimum Gasteiger partial charge on any atom is -0.490 e. The van der Waals surface area contributed by atoms with Crippen LogP contribution in [0.25, 0.3) is 11.1 Å². The minimum absolute atomic E-state index is 0.286. The molecule has 1 heterocycles. The van der Waals surface area contributed by atoms with E-state index in [9.17, 15) is 25.2 Å². The minimum atomic E-state index is -1.93. The van der Waals surface area contributed by atoms with E-state index >= 15 is 0 Å². The average Bonchev–Trinajstić information content (AvgIpc) is 4.02. The van der Waals surface area contributed by atoms with E-state index in [1.165, 1.54) is 11.9 Å². The summed E-state index contributed by atoms with van der Waals surface area (Å²) in [4.78, 5) is 19.2. The van der Waals surface area contributed by atoms with E-state index in [4.69, 9.17) is 26.2 Å². The standard InChI is InChI=1S/C34H41ClN2O8S/c1-37(33(43)32(42)31(41)30(40)28(39)19-38)15-4-16-46-23-9-10-27(35)21(17-23)20-44-34(12-13-34)26-18-36-14-11-24(26)25-5-2-3-6-29(25)45-22-7-8-22/h2-3,5-6,9-11,14,17-18,22,28,30-32,38-42H,4,7-8,12-13,15-16,19-20H2,1H3/t28-,30+,31-,32-/m0/s1. The van der Waals surface area contributed by atoms with E-state index in [-0.39, 0.29) is 6.10 Å². The zero-order chi connectivity index (χ0) is 32.8. The number of hydrogen-bond acceptors (Lipinski definition) is 10. The van der Waals surface area contributed by atoms with Crippen molar-refractivity contribution >= 4 is 29.3 Å². The first-order chi connectivity index (χ1) is 22.1. The number of rotatable bonds is 17. The number of para-hydroxylation sites is 1. The van der Waals surface area contributed by atoms with Gasteiger partial charge in [0.15, 0.2) is 6.10 Å². The van der Waals surface area contributed by atoms with Crippen molar-refractivity contribution in [3.8, 4) is 16.9 Å². The van der Waals surface area contributed by atoms with E-state index < -0.39 is 42.5 Å². The van der Waals surface area contributed by atoms with Crippen LogP contribution in [-0.2, 0) is 21.7 Å². The summed E-state index contributed by atoms with van der Waals surface area (Å²) in [6.07, 6.45) is 1.09. The van der Waals surface area contributed by atoms with Crippen LogP contribution in [-0.4, -0.2) is 97.8 Å². The number of aliphatic hydroxyl groups is 5. The van der Waals surface area contributed by atoms with Gasteiger partial charge in [0.1, 0.15) is 24.1 Å². The molecule has 46 heavy (non-hydrogen) atoms. The monoisotopic (exact) mass is 672 g/mol. The fourth-order valence-corrected chi connectivity index (χ4v) is 6.29. The molecule has 5 N–H and O–H groups in total. The molecule has 0 aliphatic heterocycles. The smallest absolute Gasteiger partial charge is 0.253 e. The Balaban J connectivity index is 1.16. The van der Waals surface area contributed by atoms with Gasteiger partial charge in [0.05, 0.1) is 24.9 Å². The van der Waals surface area contributed by atoms with Gasteiger partial charge in [-0.1, -0.05) is 29.8 Å². The maximum absolute atomic E-state index is 12.5. The number of ether oxygens (including phenoxy) is 2. The van der Waals surface area contributed by atoms with Gasteiger partial charge in [-0.3, -0.25) is 9.78 Å². The predicted molar refractivity (Wildman–Crippen MR) is 175 cm³/mol. The molecule has 2 saturated carbocycles. The van der Waals surface area contributed by atoms with Gasteiger partial charge in [-0.05, 0) is 79.3 Å². The third-order valence-corrected chi connectivity index (χ3v) is 9.77. The number of amides is 1. The number of carbonyl (C=O) groups excluding carboxylic acids is 1. The summed E-state index contributed by atoms with van der Waals surface area (Å²) >= 11 is 8.18. The lowest BCUT2D eigenvalue weighted by Gasteiger charge is -2.28. The van der Waals surface area contributed by atoms with E-state index in [1.807, 2.05) is 48.7 Å². The van der Waals surface area contributed by atoms with Crippen LogP contribution in [0.3, 0.4) is 0 Å². The molecule has 0 spiro atoms. The van der Waals surface area contributed by atoms with Gasteiger partial charge in [-0.2, -0.15) is 0 Å². The quantitative estimate of drug-likeness (QED) is 0.106. The Labute approximate surface area is 278 Å². The van der Waals surface area contributed by atoms with Gasteiger partial charge in [0, 0.05) is 47.0 Å². The number of likely N-dealkylation sites (N-methyl/N-ethyl adjacent to an activating group) is 1. The van der Waals surface area contributed by atoms with Crippen LogP contribution >= 0.6 is 23.4 Å². The van der Waals surface area contributed by atoms with Crippen LogP contribution in [0.15, 0.2) is 65.8 Å². The fraction of sp³-hybridized carbons (Fsp3) is 0.471. The van der Waals surface area contributed by atoms with Crippen molar-refractivity contribution in [2.45, 2.75) is 79.7 Å². The highest BCUT2D eigenvalue weighted by atomic mass is 35.5. The topological polar surface area (TPSA) is 153 Å². The average molecular weight is 673 g/mol. The van der Waals surface area contributed by atoms with E-state index in [0.29, 0.717) is 30.3 Å². The first-order valence-corrected chi connectivity index (χ1v) is 16.8. The normalized spacial score (nSPS) is 18.0. The summed E-state index contributed by atoms with van der Waals surface area (Å²) in [6, 6.07) is 15.9. The number of halogens is 1. The molecule has 12 heteroatoms. The molecule has 2 aliphatic rings. The highest BCUT2D eigenvalue weighted by Gasteiger charge is 2.48. The van der Waals surface area contributed by atoms with E-state index in [0.717, 1.165) is 58.6 Å². The Bertz CT molecular complexity index is 1490. The lowest BCUT2D eigenvalue weighted by Crippen LogP contribution is -2.52. The largest absolute Gasteiger partial charge is 0.490 e. The van der Waals surface area contributed by atoms with Crippen molar-refractivity contribution in [2.24, 2.45) is 0 Å². The first kappa shape index (κ1) is 34.6. The Hall–Kier alpha value is -2.74. The molecule has 3 aromatic rings. The molecule has 0 unspecified atom stereocenters. The van der Waals surface area contributed by atoms with Crippen LogP contribution in [0.4, 0.5) is 0 Å². The fourth-order valence-electron chi connectivity index (χ4n) is 5.22. The Kier molecular flexibility index (Phi) is 11.6. The van der Waals surface area contributed by atoms with Crippen molar-refractivity contribution in [3.05, 3.63) is 77.1 Å². The van der Waals surface area contributed by atoms with Gasteiger partial charge in [0.25, 0.3) is 5.91 Å². The number of aromatic nitrogens is 1. The number of pyridine rings is 1. The van der Waals surface area contributed by atoms with Gasteiger partial charge >= 0.3 is 0 Å². The van der Waals surface area contributed by atoms with Crippen molar-refractivity contribution < 1.29 is 39.8 Å². The van der Waals surface area contributed by atoms with Crippen LogP contribution in [0.2, 0.25) is 5.02 Å². The summed E-state index contributed by atoms with van der Waals surface area (Å²) in [5.74, 6) is 0.745. The van der Waals surface area contributed by atoms with Crippen LogP contribution < -0.4 is 4.74 Å². The van der Waals surface area contributed by atoms with Gasteiger partial charge in [-0.25, -0.2) is 0 Å². The van der Waals surface area contributed by atoms with Crippen LogP contribution in [0, 0.1) is 0 Å². The van der Waals surface area contributed by atoms with E-state index in [1.54, 1.807) is 18.0 Å². The number of carbonyl (C=O) groups is 1. The molecule has 2 aliphatic carbocycles. The first-order valence-electron chi connectivity index (χ1n) is 15.5. The summed E-state index contributed by atoms with van der Waals surface area (Å²) in [6.45, 7) is -0.194. The third-order valence-electron chi connectivity index (χ3n) is 8.32. The molecule has 1 aromatic heterocycles. The molecule has 5 rings (SSSR count). The molecule has 0 saturated heterocycles. The summed E-state index contributed by atoms with van der Waals surface area (Å²) in [5.41, 5.74) is 3.55. The van der Waals surface area contributed by atoms with Gasteiger partial charge < -0.3 is 39.9 Å². The molecule has 10 nitrogen and oxygen atoms in total. The van der Waals surface area contributed by atoms with Crippen molar-refractivity contribution in [2.75, 3.05) is 26.0 Å².